The van der Waals surface area contributed by atoms with E-state index in [2.05, 4.69) is 4.98 Å². The minimum absolute atomic E-state index is 0.0283. The molecule has 3 rings (SSSR count). The maximum Gasteiger partial charge on any atom is 0.414 e. The van der Waals surface area contributed by atoms with Crippen molar-refractivity contribution in [2.75, 3.05) is 6.61 Å². The van der Waals surface area contributed by atoms with Crippen LogP contribution in [-0.2, 0) is 16.1 Å². The van der Waals surface area contributed by atoms with Crippen LogP contribution in [0.5, 0.6) is 5.75 Å². The molecule has 10 heteroatoms. The normalized spacial score (nSPS) is 9.93. The Hall–Kier alpha value is -3.95. The summed E-state index contributed by atoms with van der Waals surface area (Å²) in [5, 5.41) is 25.5. The molecule has 0 aliphatic rings. The van der Waals surface area contributed by atoms with E-state index < -0.39 is 16.9 Å². The highest BCUT2D eigenvalue weighted by Crippen LogP contribution is 2.19. The Morgan fingerprint density at radius 1 is 1.11 bits per heavy atom. The van der Waals surface area contributed by atoms with Gasteiger partial charge in [-0.05, 0) is 18.2 Å². The number of rotatable bonds is 5. The van der Waals surface area contributed by atoms with Crippen LogP contribution in [0.25, 0.3) is 11.0 Å². The van der Waals surface area contributed by atoms with Gasteiger partial charge < -0.3 is 19.5 Å². The summed E-state index contributed by atoms with van der Waals surface area (Å²) in [6.45, 7) is 1.05. The first-order chi connectivity index (χ1) is 12.9. The van der Waals surface area contributed by atoms with Crippen LogP contribution in [0.3, 0.4) is 0 Å². The number of non-ortho nitro benzene ring substituents is 1. The van der Waals surface area contributed by atoms with Crippen molar-refractivity contribution in [3.8, 4) is 5.75 Å². The fourth-order valence-electron chi connectivity index (χ4n) is 2.14. The Kier molecular flexibility index (Phi) is 6.42. The maximum absolute atomic E-state index is 10.7. The van der Waals surface area contributed by atoms with Gasteiger partial charge >= 0.3 is 11.9 Å². The maximum atomic E-state index is 10.7. The summed E-state index contributed by atoms with van der Waals surface area (Å²) in [5.74, 6) is -3.15. The summed E-state index contributed by atoms with van der Waals surface area (Å²) in [5.41, 5.74) is 2.01. The number of fused-ring (bicyclic) bond motifs is 1. The van der Waals surface area contributed by atoms with E-state index in [9.17, 15) is 10.1 Å². The largest absolute Gasteiger partial charge is 0.491 e. The number of hydrogen-bond acceptors (Lipinski definition) is 6. The first-order valence-electron chi connectivity index (χ1n) is 7.62. The Balaban J connectivity index is 0.000000380. The molecule has 0 radical (unpaired) electrons. The number of carboxylic acid groups (broad SMARTS) is 2. The summed E-state index contributed by atoms with van der Waals surface area (Å²) in [4.78, 5) is 32.8. The lowest BCUT2D eigenvalue weighted by Gasteiger charge is -2.07. The third-order valence-corrected chi connectivity index (χ3v) is 3.34. The molecule has 0 spiro atoms. The number of imidazole rings is 1. The average molecular weight is 373 g/mol. The number of nitro benzene ring substituents is 1. The third kappa shape index (κ3) is 5.53. The predicted octanol–water partition coefficient (Wildman–Crippen LogP) is 2.18. The summed E-state index contributed by atoms with van der Waals surface area (Å²) in [7, 11) is 0. The molecular formula is C17H15N3O7. The second-order valence-corrected chi connectivity index (χ2v) is 5.14. The predicted molar refractivity (Wildman–Crippen MR) is 93.6 cm³/mol. The smallest absolute Gasteiger partial charge is 0.414 e. The molecule has 0 fully saturated rings. The minimum Gasteiger partial charge on any atom is -0.491 e. The highest BCUT2D eigenvalue weighted by atomic mass is 16.6. The molecule has 1 aromatic heterocycles. The highest BCUT2D eigenvalue weighted by Gasteiger charge is 2.07. The Bertz CT molecular complexity index is 956. The van der Waals surface area contributed by atoms with Gasteiger partial charge in [0, 0.05) is 6.07 Å². The van der Waals surface area contributed by atoms with Gasteiger partial charge in [-0.25, -0.2) is 14.6 Å². The van der Waals surface area contributed by atoms with Crippen LogP contribution >= 0.6 is 0 Å². The van der Waals surface area contributed by atoms with E-state index in [4.69, 9.17) is 24.5 Å². The van der Waals surface area contributed by atoms with Gasteiger partial charge in [0.05, 0.1) is 34.9 Å². The Morgan fingerprint density at radius 3 is 2.48 bits per heavy atom. The topological polar surface area (TPSA) is 145 Å². The van der Waals surface area contributed by atoms with E-state index in [0.29, 0.717) is 18.9 Å². The van der Waals surface area contributed by atoms with E-state index in [-0.39, 0.29) is 5.69 Å². The number of hydrogen-bond donors (Lipinski definition) is 2. The number of ether oxygens (including phenoxy) is 1. The van der Waals surface area contributed by atoms with E-state index in [1.807, 2.05) is 28.8 Å². The molecule has 0 aliphatic carbocycles. The van der Waals surface area contributed by atoms with Crippen molar-refractivity contribution in [3.05, 3.63) is 65.0 Å². The van der Waals surface area contributed by atoms with E-state index in [0.717, 1.165) is 11.0 Å². The van der Waals surface area contributed by atoms with Gasteiger partial charge in [0.1, 0.15) is 12.4 Å². The molecule has 140 valence electrons. The van der Waals surface area contributed by atoms with Crippen molar-refractivity contribution in [1.82, 2.24) is 9.55 Å². The van der Waals surface area contributed by atoms with E-state index in [1.165, 1.54) is 12.1 Å². The molecule has 0 bridgehead atoms. The number of carboxylic acids is 2. The van der Waals surface area contributed by atoms with Gasteiger partial charge in [-0.15, -0.1) is 0 Å². The molecule has 0 amide bonds. The first-order valence-corrected chi connectivity index (χ1v) is 7.62. The van der Waals surface area contributed by atoms with E-state index in [1.54, 1.807) is 18.5 Å². The zero-order valence-corrected chi connectivity index (χ0v) is 13.9. The van der Waals surface area contributed by atoms with Gasteiger partial charge in [0.15, 0.2) is 0 Å². The zero-order chi connectivity index (χ0) is 19.8. The molecule has 0 aliphatic heterocycles. The molecule has 0 atom stereocenters. The van der Waals surface area contributed by atoms with E-state index >= 15 is 0 Å². The number of carbonyl (C=O) groups is 2. The molecule has 0 saturated heterocycles. The zero-order valence-electron chi connectivity index (χ0n) is 13.9. The quantitative estimate of drug-likeness (QED) is 0.393. The van der Waals surface area contributed by atoms with Gasteiger partial charge in [-0.1, -0.05) is 18.2 Å². The summed E-state index contributed by atoms with van der Waals surface area (Å²) in [6, 6.07) is 14.0. The van der Waals surface area contributed by atoms with Gasteiger partial charge in [-0.3, -0.25) is 10.1 Å². The van der Waals surface area contributed by atoms with Crippen molar-refractivity contribution in [1.29, 1.82) is 0 Å². The molecule has 1 heterocycles. The number of aliphatic carboxylic acids is 2. The standard InChI is InChI=1S/C15H13N3O3.C2H2O4/c19-18(20)12-4-3-5-13(10-12)21-9-8-17-11-16-14-6-1-2-7-15(14)17;3-1(4)2(5)6/h1-7,10-11H,8-9H2;(H,3,4)(H,5,6). The lowest BCUT2D eigenvalue weighted by atomic mass is 10.3. The highest BCUT2D eigenvalue weighted by molar-refractivity contribution is 6.27. The second kappa shape index (κ2) is 8.94. The molecule has 3 aromatic rings. The summed E-state index contributed by atoms with van der Waals surface area (Å²) < 4.78 is 7.56. The Labute approximate surface area is 152 Å². The molecule has 0 unspecified atom stereocenters. The van der Waals surface area contributed by atoms with Crippen molar-refractivity contribution < 1.29 is 29.5 Å². The van der Waals surface area contributed by atoms with Crippen LogP contribution < -0.4 is 4.74 Å². The molecule has 0 saturated carbocycles. The third-order valence-electron chi connectivity index (χ3n) is 3.34. The minimum atomic E-state index is -1.82. The number of benzene rings is 2. The lowest BCUT2D eigenvalue weighted by molar-refractivity contribution is -0.384. The Morgan fingerprint density at radius 2 is 1.81 bits per heavy atom. The van der Waals surface area contributed by atoms with Crippen LogP contribution in [0.4, 0.5) is 5.69 Å². The molecule has 10 nitrogen and oxygen atoms in total. The molecular weight excluding hydrogens is 358 g/mol. The van der Waals surface area contributed by atoms with Crippen LogP contribution in [0.2, 0.25) is 0 Å². The summed E-state index contributed by atoms with van der Waals surface area (Å²) >= 11 is 0. The molecule has 2 aromatic carbocycles. The first kappa shape index (κ1) is 19.4. The lowest BCUT2D eigenvalue weighted by Crippen LogP contribution is -2.09. The van der Waals surface area contributed by atoms with Gasteiger partial charge in [-0.2, -0.15) is 0 Å². The van der Waals surface area contributed by atoms with Gasteiger partial charge in [0.25, 0.3) is 5.69 Å². The second-order valence-electron chi connectivity index (χ2n) is 5.14. The number of nitro groups is 1. The van der Waals surface area contributed by atoms with Crippen molar-refractivity contribution in [3.63, 3.8) is 0 Å². The van der Waals surface area contributed by atoms with Gasteiger partial charge in [0.2, 0.25) is 0 Å². The van der Waals surface area contributed by atoms with Crippen LogP contribution in [-0.4, -0.2) is 43.2 Å². The average Bonchev–Trinajstić information content (AvgIpc) is 3.06. The number of nitrogens with zero attached hydrogens (tertiary/aromatic N) is 3. The number of para-hydroxylation sites is 2. The van der Waals surface area contributed by atoms with Crippen LogP contribution in [0.15, 0.2) is 54.9 Å². The fourth-order valence-corrected chi connectivity index (χ4v) is 2.14. The SMILES string of the molecule is O=C(O)C(=O)O.O=[N+]([O-])c1cccc(OCCn2cnc3ccccc32)c1. The van der Waals surface area contributed by atoms with Crippen molar-refractivity contribution in [2.45, 2.75) is 6.54 Å². The van der Waals surface area contributed by atoms with Crippen LogP contribution in [0.1, 0.15) is 0 Å². The van der Waals surface area contributed by atoms with Crippen LogP contribution in [0, 0.1) is 10.1 Å². The molecule has 2 N–H and O–H groups in total. The summed E-state index contributed by atoms with van der Waals surface area (Å²) in [6.07, 6.45) is 1.77. The fraction of sp³-hybridized carbons (Fsp3) is 0.118. The van der Waals surface area contributed by atoms with Crippen molar-refractivity contribution >= 4 is 28.7 Å². The van der Waals surface area contributed by atoms with Crippen molar-refractivity contribution in [2.24, 2.45) is 0 Å². The molecule has 27 heavy (non-hydrogen) atoms. The number of aromatic nitrogens is 2. The monoisotopic (exact) mass is 373 g/mol.